The zero-order valence-corrected chi connectivity index (χ0v) is 8.23. The molecule has 0 atom stereocenters. The van der Waals surface area contributed by atoms with Gasteiger partial charge >= 0.3 is 11.9 Å². The normalized spacial score (nSPS) is 15.1. The molecule has 0 fully saturated rings. The van der Waals surface area contributed by atoms with E-state index in [1.807, 2.05) is 0 Å². The fraction of sp³-hybridized carbons (Fsp3) is 0.444. The molecule has 2 rings (SSSR count). The molecule has 0 saturated carbocycles. The monoisotopic (exact) mass is 210 g/mol. The van der Waals surface area contributed by atoms with Crippen LogP contribution < -0.4 is 0 Å². The molecule has 0 radical (unpaired) electrons. The first-order valence-corrected chi connectivity index (χ1v) is 4.55. The van der Waals surface area contributed by atoms with Crippen LogP contribution in [-0.4, -0.2) is 35.4 Å². The van der Waals surface area contributed by atoms with Crippen molar-refractivity contribution in [3.63, 3.8) is 0 Å². The first-order chi connectivity index (χ1) is 7.22. The fourth-order valence-electron chi connectivity index (χ4n) is 1.41. The van der Waals surface area contributed by atoms with E-state index in [1.54, 1.807) is 0 Å². The number of ether oxygens (including phenoxy) is 2. The Kier molecular flexibility index (Phi) is 2.40. The van der Waals surface area contributed by atoms with Crippen molar-refractivity contribution in [2.45, 2.75) is 13.0 Å². The molecule has 0 unspecified atom stereocenters. The van der Waals surface area contributed by atoms with Crippen LogP contribution in [0.5, 0.6) is 0 Å². The van der Waals surface area contributed by atoms with E-state index >= 15 is 0 Å². The van der Waals surface area contributed by atoms with Gasteiger partial charge in [0.25, 0.3) is 0 Å². The third-order valence-electron chi connectivity index (χ3n) is 2.13. The van der Waals surface area contributed by atoms with E-state index in [4.69, 9.17) is 4.74 Å². The van der Waals surface area contributed by atoms with Crippen LogP contribution in [0.3, 0.4) is 0 Å². The highest BCUT2D eigenvalue weighted by Crippen LogP contribution is 2.11. The molecule has 0 spiro atoms. The fourth-order valence-corrected chi connectivity index (χ4v) is 1.41. The Labute approximate surface area is 85.8 Å². The highest BCUT2D eigenvalue weighted by Gasteiger charge is 2.22. The molecule has 1 aromatic heterocycles. The van der Waals surface area contributed by atoms with E-state index in [9.17, 15) is 9.59 Å². The molecule has 1 aliphatic heterocycles. The van der Waals surface area contributed by atoms with E-state index in [-0.39, 0.29) is 5.69 Å². The van der Waals surface area contributed by atoms with Gasteiger partial charge in [0.15, 0.2) is 5.69 Å². The highest BCUT2D eigenvalue weighted by molar-refractivity contribution is 5.93. The summed E-state index contributed by atoms with van der Waals surface area (Å²) in [6.07, 6.45) is 0.695. The van der Waals surface area contributed by atoms with Crippen LogP contribution in [0.2, 0.25) is 0 Å². The van der Waals surface area contributed by atoms with E-state index < -0.39 is 11.9 Å². The summed E-state index contributed by atoms with van der Waals surface area (Å²) < 4.78 is 10.9. The number of nitrogens with zero attached hydrogens (tertiary/aromatic N) is 2. The summed E-state index contributed by atoms with van der Waals surface area (Å²) in [6.45, 7) is 0.952. The average Bonchev–Trinajstić information content (AvgIpc) is 2.60. The van der Waals surface area contributed by atoms with Gasteiger partial charge in [0, 0.05) is 19.0 Å². The predicted molar refractivity (Wildman–Crippen MR) is 48.5 cm³/mol. The van der Waals surface area contributed by atoms with Gasteiger partial charge in [-0.3, -0.25) is 4.68 Å². The lowest BCUT2D eigenvalue weighted by atomic mass is 10.3. The second-order valence-corrected chi connectivity index (χ2v) is 3.12. The van der Waals surface area contributed by atoms with Crippen molar-refractivity contribution in [1.82, 2.24) is 9.78 Å². The molecular weight excluding hydrogens is 200 g/mol. The molecule has 1 aliphatic rings. The average molecular weight is 210 g/mol. The molecular formula is C9H10N2O4. The van der Waals surface area contributed by atoms with Gasteiger partial charge in [-0.25, -0.2) is 9.59 Å². The lowest BCUT2D eigenvalue weighted by Gasteiger charge is -1.96. The lowest BCUT2D eigenvalue weighted by Crippen LogP contribution is -2.08. The number of cyclic esters (lactones) is 1. The molecule has 15 heavy (non-hydrogen) atoms. The Bertz CT molecular complexity index is 410. The number of fused-ring (bicyclic) bond motifs is 1. The minimum atomic E-state index is -0.552. The van der Waals surface area contributed by atoms with Gasteiger partial charge in [-0.1, -0.05) is 0 Å². The van der Waals surface area contributed by atoms with Crippen LogP contribution in [0.1, 0.15) is 27.4 Å². The number of carbonyl (C=O) groups excluding carboxylic acids is 2. The molecule has 80 valence electrons. The van der Waals surface area contributed by atoms with Gasteiger partial charge in [0.05, 0.1) is 13.7 Å². The number of hydrogen-bond acceptors (Lipinski definition) is 5. The molecule has 0 saturated heterocycles. The lowest BCUT2D eigenvalue weighted by molar-refractivity contribution is 0.0512. The zero-order valence-electron chi connectivity index (χ0n) is 8.23. The van der Waals surface area contributed by atoms with E-state index in [1.165, 1.54) is 17.9 Å². The molecule has 0 bridgehead atoms. The van der Waals surface area contributed by atoms with Crippen molar-refractivity contribution in [2.24, 2.45) is 0 Å². The maximum absolute atomic E-state index is 11.4. The van der Waals surface area contributed by atoms with Crippen LogP contribution >= 0.6 is 0 Å². The number of rotatable bonds is 1. The summed E-state index contributed by atoms with van der Waals surface area (Å²) in [5.74, 6) is -1.00. The molecule has 0 aromatic carbocycles. The summed E-state index contributed by atoms with van der Waals surface area (Å²) in [7, 11) is 1.27. The molecule has 0 N–H and O–H groups in total. The van der Waals surface area contributed by atoms with Crippen molar-refractivity contribution in [1.29, 1.82) is 0 Å². The van der Waals surface area contributed by atoms with Crippen LogP contribution in [-0.2, 0) is 16.0 Å². The van der Waals surface area contributed by atoms with Gasteiger partial charge in [0.2, 0.25) is 0 Å². The van der Waals surface area contributed by atoms with Crippen LogP contribution in [0.15, 0.2) is 6.07 Å². The maximum Gasteiger partial charge on any atom is 0.358 e. The summed E-state index contributed by atoms with van der Waals surface area (Å²) in [5.41, 5.74) is 0.430. The molecule has 1 aromatic rings. The second kappa shape index (κ2) is 3.72. The Hall–Kier alpha value is -1.85. The summed E-state index contributed by atoms with van der Waals surface area (Å²) in [5, 5.41) is 3.97. The Morgan fingerprint density at radius 1 is 1.67 bits per heavy atom. The van der Waals surface area contributed by atoms with E-state index in [2.05, 4.69) is 9.84 Å². The minimum absolute atomic E-state index is 0.131. The highest BCUT2D eigenvalue weighted by atomic mass is 16.5. The first kappa shape index (κ1) is 9.70. The molecule has 2 heterocycles. The number of hydrogen-bond donors (Lipinski definition) is 0. The first-order valence-electron chi connectivity index (χ1n) is 4.55. The summed E-state index contributed by atoms with van der Waals surface area (Å²) in [4.78, 5) is 22.6. The zero-order chi connectivity index (χ0) is 10.8. The van der Waals surface area contributed by atoms with Crippen molar-refractivity contribution in [3.8, 4) is 0 Å². The van der Waals surface area contributed by atoms with Gasteiger partial charge in [-0.2, -0.15) is 5.10 Å². The number of aromatic nitrogens is 2. The molecule has 6 nitrogen and oxygen atoms in total. The summed E-state index contributed by atoms with van der Waals surface area (Å²) >= 11 is 0. The third-order valence-corrected chi connectivity index (χ3v) is 2.13. The van der Waals surface area contributed by atoms with Crippen molar-refractivity contribution in [3.05, 3.63) is 17.5 Å². The number of carbonyl (C=O) groups is 2. The Morgan fingerprint density at radius 2 is 2.47 bits per heavy atom. The molecule has 0 amide bonds. The number of aryl methyl sites for hydroxylation is 1. The van der Waals surface area contributed by atoms with Gasteiger partial charge in [-0.15, -0.1) is 0 Å². The van der Waals surface area contributed by atoms with Crippen LogP contribution in [0, 0.1) is 0 Å². The quantitative estimate of drug-likeness (QED) is 0.620. The summed E-state index contributed by atoms with van der Waals surface area (Å²) in [6, 6.07) is 1.39. The van der Waals surface area contributed by atoms with E-state index in [0.29, 0.717) is 25.3 Å². The smallest absolute Gasteiger partial charge is 0.358 e. The largest absolute Gasteiger partial charge is 0.464 e. The topological polar surface area (TPSA) is 70.4 Å². The third kappa shape index (κ3) is 1.70. The minimum Gasteiger partial charge on any atom is -0.464 e. The standard InChI is InChI=1S/C9H10N2O4/c1-14-8(12)6-5-7-9(13)15-4-2-3-11(7)10-6/h5H,2-4H2,1H3. The maximum atomic E-state index is 11.4. The van der Waals surface area contributed by atoms with E-state index in [0.717, 1.165) is 0 Å². The predicted octanol–water partition coefficient (Wildman–Crippen LogP) is 0.230. The van der Waals surface area contributed by atoms with Crippen molar-refractivity contribution >= 4 is 11.9 Å². The molecule has 0 aliphatic carbocycles. The number of methoxy groups -OCH3 is 1. The SMILES string of the molecule is COC(=O)c1cc2n(n1)CCCOC2=O. The van der Waals surface area contributed by atoms with Gasteiger partial charge < -0.3 is 9.47 Å². The van der Waals surface area contributed by atoms with Crippen LogP contribution in [0.25, 0.3) is 0 Å². The van der Waals surface area contributed by atoms with Crippen molar-refractivity contribution < 1.29 is 19.1 Å². The van der Waals surface area contributed by atoms with Crippen molar-refractivity contribution in [2.75, 3.05) is 13.7 Å². The second-order valence-electron chi connectivity index (χ2n) is 3.12. The van der Waals surface area contributed by atoms with Crippen LogP contribution in [0.4, 0.5) is 0 Å². The number of esters is 2. The Balaban J connectivity index is 2.37. The molecule has 6 heteroatoms. The van der Waals surface area contributed by atoms with Gasteiger partial charge in [-0.05, 0) is 0 Å². The Morgan fingerprint density at radius 3 is 3.20 bits per heavy atom. The van der Waals surface area contributed by atoms with Gasteiger partial charge in [0.1, 0.15) is 5.69 Å².